The molecule has 16 heavy (non-hydrogen) atoms. The molecule has 0 rings (SSSR count). The van der Waals surface area contributed by atoms with Gasteiger partial charge in [0.25, 0.3) is 0 Å². The van der Waals surface area contributed by atoms with Gasteiger partial charge in [0.05, 0.1) is 0 Å². The van der Waals surface area contributed by atoms with Crippen LogP contribution in [0.15, 0.2) is 0 Å². The van der Waals surface area contributed by atoms with Crippen molar-refractivity contribution in [1.82, 2.24) is 5.32 Å². The Bertz CT molecular complexity index is 194. The highest BCUT2D eigenvalue weighted by molar-refractivity contribution is 4.87. The number of rotatable bonds is 7. The van der Waals surface area contributed by atoms with Crippen LogP contribution in [0.2, 0.25) is 0 Å². The molecule has 0 aromatic heterocycles. The average molecular weight is 227 g/mol. The first-order valence-electron chi connectivity index (χ1n) is 6.86. The van der Waals surface area contributed by atoms with Crippen LogP contribution in [-0.4, -0.2) is 13.1 Å². The number of hydrogen-bond donors (Lipinski definition) is 1. The Morgan fingerprint density at radius 1 is 0.938 bits per heavy atom. The number of nitrogens with one attached hydrogen (secondary N) is 1. The van der Waals surface area contributed by atoms with Crippen molar-refractivity contribution in [1.29, 1.82) is 0 Å². The normalized spacial score (nSPS) is 16.9. The van der Waals surface area contributed by atoms with E-state index >= 15 is 0 Å². The van der Waals surface area contributed by atoms with Crippen molar-refractivity contribution in [2.45, 2.75) is 61.8 Å². The molecule has 0 fully saturated rings. The highest BCUT2D eigenvalue weighted by Gasteiger charge is 2.36. The van der Waals surface area contributed by atoms with Crippen LogP contribution in [0.5, 0.6) is 0 Å². The van der Waals surface area contributed by atoms with Gasteiger partial charge in [0, 0.05) is 6.54 Å². The van der Waals surface area contributed by atoms with E-state index in [9.17, 15) is 0 Å². The van der Waals surface area contributed by atoms with E-state index in [-0.39, 0.29) is 0 Å². The fourth-order valence-corrected chi connectivity index (χ4v) is 2.13. The van der Waals surface area contributed by atoms with Gasteiger partial charge in [-0.15, -0.1) is 0 Å². The Hall–Kier alpha value is -0.0400. The van der Waals surface area contributed by atoms with Crippen LogP contribution in [0.4, 0.5) is 0 Å². The molecule has 0 aliphatic rings. The molecule has 0 saturated carbocycles. The van der Waals surface area contributed by atoms with E-state index < -0.39 is 0 Å². The van der Waals surface area contributed by atoms with Crippen LogP contribution in [0.1, 0.15) is 61.8 Å². The first-order valence-corrected chi connectivity index (χ1v) is 6.86. The van der Waals surface area contributed by atoms with Gasteiger partial charge in [-0.25, -0.2) is 0 Å². The summed E-state index contributed by atoms with van der Waals surface area (Å²) in [6.07, 6.45) is 1.29. The zero-order chi connectivity index (χ0) is 13.0. The standard InChI is InChI=1S/C15H33N/c1-9-16-11-15(8,13(4)5)10-14(6,7)12(2)3/h12-13,16H,9-11H2,1-8H3. The van der Waals surface area contributed by atoms with Gasteiger partial charge in [0.2, 0.25) is 0 Å². The Balaban J connectivity index is 4.67. The van der Waals surface area contributed by atoms with E-state index in [4.69, 9.17) is 0 Å². The predicted molar refractivity (Wildman–Crippen MR) is 74.7 cm³/mol. The second-order valence-electron chi connectivity index (χ2n) is 6.91. The Labute approximate surface area is 103 Å². The van der Waals surface area contributed by atoms with Crippen molar-refractivity contribution >= 4 is 0 Å². The lowest BCUT2D eigenvalue weighted by Crippen LogP contribution is -2.40. The molecule has 0 heterocycles. The van der Waals surface area contributed by atoms with Gasteiger partial charge >= 0.3 is 0 Å². The van der Waals surface area contributed by atoms with Gasteiger partial charge in [-0.3, -0.25) is 0 Å². The fraction of sp³-hybridized carbons (Fsp3) is 1.00. The smallest absolute Gasteiger partial charge is 0.000770 e. The van der Waals surface area contributed by atoms with Crippen LogP contribution < -0.4 is 5.32 Å². The maximum absolute atomic E-state index is 3.53. The topological polar surface area (TPSA) is 12.0 Å². The molecular formula is C15H33N. The van der Waals surface area contributed by atoms with E-state index in [0.29, 0.717) is 10.8 Å². The minimum Gasteiger partial charge on any atom is -0.316 e. The molecule has 0 saturated heterocycles. The molecule has 1 unspecified atom stereocenters. The third-order valence-electron chi connectivity index (χ3n) is 4.60. The fourth-order valence-electron chi connectivity index (χ4n) is 2.13. The van der Waals surface area contributed by atoms with Crippen molar-refractivity contribution < 1.29 is 0 Å². The molecular weight excluding hydrogens is 194 g/mol. The maximum atomic E-state index is 3.53. The minimum atomic E-state index is 0.407. The van der Waals surface area contributed by atoms with Crippen LogP contribution in [-0.2, 0) is 0 Å². The van der Waals surface area contributed by atoms with Crippen LogP contribution in [0, 0.1) is 22.7 Å². The summed E-state index contributed by atoms with van der Waals surface area (Å²) in [7, 11) is 0. The molecule has 0 aliphatic carbocycles. The number of hydrogen-bond acceptors (Lipinski definition) is 1. The van der Waals surface area contributed by atoms with E-state index in [1.165, 1.54) is 6.42 Å². The predicted octanol–water partition coefficient (Wildman–Crippen LogP) is 4.33. The molecule has 0 aromatic rings. The molecule has 0 spiro atoms. The first kappa shape index (κ1) is 16.0. The molecule has 1 heteroatoms. The average Bonchev–Trinajstić information content (AvgIpc) is 2.13. The molecule has 0 aromatic carbocycles. The highest BCUT2D eigenvalue weighted by Crippen LogP contribution is 2.42. The van der Waals surface area contributed by atoms with Gasteiger partial charge in [-0.1, -0.05) is 55.4 Å². The van der Waals surface area contributed by atoms with Crippen LogP contribution >= 0.6 is 0 Å². The lowest BCUT2D eigenvalue weighted by molar-refractivity contribution is 0.0859. The second-order valence-corrected chi connectivity index (χ2v) is 6.91. The summed E-state index contributed by atoms with van der Waals surface area (Å²) in [5.74, 6) is 1.47. The summed E-state index contributed by atoms with van der Waals surface area (Å²) in [6, 6.07) is 0. The summed E-state index contributed by atoms with van der Waals surface area (Å²) in [5, 5.41) is 3.53. The first-order chi connectivity index (χ1) is 7.15. The van der Waals surface area contributed by atoms with Crippen molar-refractivity contribution in [3.05, 3.63) is 0 Å². The van der Waals surface area contributed by atoms with Gasteiger partial charge in [0.15, 0.2) is 0 Å². The zero-order valence-electron chi connectivity index (χ0n) is 12.8. The van der Waals surface area contributed by atoms with Crippen molar-refractivity contribution in [3.63, 3.8) is 0 Å². The van der Waals surface area contributed by atoms with Gasteiger partial charge < -0.3 is 5.32 Å². The molecule has 1 N–H and O–H groups in total. The van der Waals surface area contributed by atoms with Crippen molar-refractivity contribution in [2.24, 2.45) is 22.7 Å². The SMILES string of the molecule is CCNCC(C)(CC(C)(C)C(C)C)C(C)C. The summed E-state index contributed by atoms with van der Waals surface area (Å²) in [5.41, 5.74) is 0.832. The van der Waals surface area contributed by atoms with Crippen molar-refractivity contribution in [3.8, 4) is 0 Å². The molecule has 98 valence electrons. The van der Waals surface area contributed by atoms with Crippen LogP contribution in [0.3, 0.4) is 0 Å². The van der Waals surface area contributed by atoms with Gasteiger partial charge in [-0.05, 0) is 35.6 Å². The molecule has 0 radical (unpaired) electrons. The third kappa shape index (κ3) is 4.45. The second kappa shape index (κ2) is 6.05. The summed E-state index contributed by atoms with van der Waals surface area (Å²) >= 11 is 0. The van der Waals surface area contributed by atoms with E-state index in [0.717, 1.165) is 24.9 Å². The maximum Gasteiger partial charge on any atom is 0.000770 e. The van der Waals surface area contributed by atoms with Crippen molar-refractivity contribution in [2.75, 3.05) is 13.1 Å². The van der Waals surface area contributed by atoms with Crippen LogP contribution in [0.25, 0.3) is 0 Å². The third-order valence-corrected chi connectivity index (χ3v) is 4.60. The summed E-state index contributed by atoms with van der Waals surface area (Å²) in [4.78, 5) is 0. The lowest BCUT2D eigenvalue weighted by atomic mass is 9.64. The Kier molecular flexibility index (Phi) is 6.03. The van der Waals surface area contributed by atoms with E-state index in [1.54, 1.807) is 0 Å². The Morgan fingerprint density at radius 2 is 1.44 bits per heavy atom. The van der Waals surface area contributed by atoms with E-state index in [2.05, 4.69) is 60.7 Å². The largest absolute Gasteiger partial charge is 0.316 e. The molecule has 0 bridgehead atoms. The Morgan fingerprint density at radius 3 is 1.75 bits per heavy atom. The minimum absolute atomic E-state index is 0.407. The van der Waals surface area contributed by atoms with Gasteiger partial charge in [0.1, 0.15) is 0 Å². The molecule has 0 amide bonds. The zero-order valence-corrected chi connectivity index (χ0v) is 12.8. The van der Waals surface area contributed by atoms with E-state index in [1.807, 2.05) is 0 Å². The molecule has 0 aliphatic heterocycles. The molecule has 1 nitrogen and oxygen atoms in total. The monoisotopic (exact) mass is 227 g/mol. The molecule has 1 atom stereocenters. The summed E-state index contributed by atoms with van der Waals surface area (Å²) in [6.45, 7) is 21.0. The quantitative estimate of drug-likeness (QED) is 0.682. The summed E-state index contributed by atoms with van der Waals surface area (Å²) < 4.78 is 0. The van der Waals surface area contributed by atoms with Gasteiger partial charge in [-0.2, -0.15) is 0 Å². The highest BCUT2D eigenvalue weighted by atomic mass is 14.9. The lowest BCUT2D eigenvalue weighted by Gasteiger charge is -2.43.